The number of benzene rings is 1. The lowest BCUT2D eigenvalue weighted by molar-refractivity contribution is -0.384. The van der Waals surface area contributed by atoms with Crippen molar-refractivity contribution in [2.45, 2.75) is 20.4 Å². The van der Waals surface area contributed by atoms with Gasteiger partial charge in [0.05, 0.1) is 11.5 Å². The number of hydrogen-bond acceptors (Lipinski definition) is 5. The summed E-state index contributed by atoms with van der Waals surface area (Å²) in [5.74, 6) is 0.187. The summed E-state index contributed by atoms with van der Waals surface area (Å²) in [4.78, 5) is 29.0. The van der Waals surface area contributed by atoms with E-state index in [0.717, 1.165) is 44.8 Å². The van der Waals surface area contributed by atoms with Gasteiger partial charge in [-0.3, -0.25) is 24.7 Å². The normalized spacial score (nSPS) is 16.1. The van der Waals surface area contributed by atoms with E-state index in [1.807, 2.05) is 24.8 Å². The number of nitro benzene ring substituents is 1. The van der Waals surface area contributed by atoms with Crippen molar-refractivity contribution < 1.29 is 9.72 Å². The smallest absolute Gasteiger partial charge is 0.269 e. The predicted molar refractivity (Wildman–Crippen MR) is 92.7 cm³/mol. The van der Waals surface area contributed by atoms with Crippen LogP contribution in [-0.2, 0) is 11.3 Å². The average molecular weight is 334 g/mol. The van der Waals surface area contributed by atoms with Gasteiger partial charge in [0.15, 0.2) is 0 Å². The number of amides is 1. The van der Waals surface area contributed by atoms with Crippen molar-refractivity contribution in [3.05, 3.63) is 39.9 Å². The number of likely N-dealkylation sites (N-methyl/N-ethyl adjacent to an activating group) is 1. The fourth-order valence-corrected chi connectivity index (χ4v) is 3.00. The van der Waals surface area contributed by atoms with Gasteiger partial charge in [-0.1, -0.05) is 12.1 Å². The lowest BCUT2D eigenvalue weighted by atomic mass is 10.1. The van der Waals surface area contributed by atoms with Crippen LogP contribution in [0.1, 0.15) is 19.4 Å². The SMILES string of the molecule is CCN(CC)C(=O)CN1CCN(Cc2cccc([N+](=O)[O-])c2)CC1. The molecule has 0 aliphatic carbocycles. The maximum absolute atomic E-state index is 12.2. The molecule has 0 spiro atoms. The van der Waals surface area contributed by atoms with Crippen LogP contribution in [0.25, 0.3) is 0 Å². The Morgan fingerprint density at radius 3 is 2.38 bits per heavy atom. The van der Waals surface area contributed by atoms with E-state index in [-0.39, 0.29) is 16.5 Å². The molecular weight excluding hydrogens is 308 g/mol. The molecular formula is C17H26N4O3. The van der Waals surface area contributed by atoms with E-state index in [1.165, 1.54) is 6.07 Å². The molecule has 0 N–H and O–H groups in total. The Bertz CT molecular complexity index is 567. The lowest BCUT2D eigenvalue weighted by Crippen LogP contribution is -2.49. The van der Waals surface area contributed by atoms with Gasteiger partial charge in [-0.05, 0) is 19.4 Å². The van der Waals surface area contributed by atoms with Gasteiger partial charge >= 0.3 is 0 Å². The van der Waals surface area contributed by atoms with Crippen molar-refractivity contribution in [3.8, 4) is 0 Å². The molecule has 0 atom stereocenters. The topological polar surface area (TPSA) is 69.9 Å². The average Bonchev–Trinajstić information content (AvgIpc) is 2.58. The Balaban J connectivity index is 1.81. The number of nitrogens with zero attached hydrogens (tertiary/aromatic N) is 4. The molecule has 0 unspecified atom stereocenters. The second-order valence-electron chi connectivity index (χ2n) is 6.05. The third kappa shape index (κ3) is 5.01. The predicted octanol–water partition coefficient (Wildman–Crippen LogP) is 1.58. The number of non-ortho nitro benzene ring substituents is 1. The number of hydrogen-bond donors (Lipinski definition) is 0. The summed E-state index contributed by atoms with van der Waals surface area (Å²) in [5, 5.41) is 10.8. The van der Waals surface area contributed by atoms with Crippen LogP contribution in [0.15, 0.2) is 24.3 Å². The highest BCUT2D eigenvalue weighted by molar-refractivity contribution is 5.78. The zero-order valence-corrected chi connectivity index (χ0v) is 14.5. The van der Waals surface area contributed by atoms with E-state index < -0.39 is 0 Å². The fourth-order valence-electron chi connectivity index (χ4n) is 3.00. The van der Waals surface area contributed by atoms with E-state index in [2.05, 4.69) is 9.80 Å². The summed E-state index contributed by atoms with van der Waals surface area (Å²) in [7, 11) is 0. The monoisotopic (exact) mass is 334 g/mol. The molecule has 1 aliphatic heterocycles. The largest absolute Gasteiger partial charge is 0.342 e. The molecule has 1 fully saturated rings. The molecule has 1 aromatic carbocycles. The van der Waals surface area contributed by atoms with Crippen LogP contribution >= 0.6 is 0 Å². The first-order valence-electron chi connectivity index (χ1n) is 8.49. The third-order valence-electron chi connectivity index (χ3n) is 4.47. The van der Waals surface area contributed by atoms with Gasteiger partial charge in [0.1, 0.15) is 0 Å². The fraction of sp³-hybridized carbons (Fsp3) is 0.588. The summed E-state index contributed by atoms with van der Waals surface area (Å²) >= 11 is 0. The highest BCUT2D eigenvalue weighted by Crippen LogP contribution is 2.15. The van der Waals surface area contributed by atoms with Gasteiger partial charge in [-0.25, -0.2) is 0 Å². The van der Waals surface area contributed by atoms with E-state index in [0.29, 0.717) is 13.1 Å². The molecule has 0 aromatic heterocycles. The molecule has 1 aromatic rings. The minimum atomic E-state index is -0.361. The zero-order chi connectivity index (χ0) is 17.5. The van der Waals surface area contributed by atoms with Crippen molar-refractivity contribution in [3.63, 3.8) is 0 Å². The van der Waals surface area contributed by atoms with E-state index in [9.17, 15) is 14.9 Å². The van der Waals surface area contributed by atoms with E-state index >= 15 is 0 Å². The molecule has 2 rings (SSSR count). The first-order chi connectivity index (χ1) is 11.5. The van der Waals surface area contributed by atoms with Gasteiger partial charge in [0.25, 0.3) is 5.69 Å². The maximum Gasteiger partial charge on any atom is 0.269 e. The minimum absolute atomic E-state index is 0.135. The number of carbonyl (C=O) groups excluding carboxylic acids is 1. The second kappa shape index (κ2) is 8.75. The van der Waals surface area contributed by atoms with Crippen LogP contribution in [0.2, 0.25) is 0 Å². The quantitative estimate of drug-likeness (QED) is 0.559. The number of rotatable bonds is 7. The van der Waals surface area contributed by atoms with Crippen LogP contribution in [0.4, 0.5) is 5.69 Å². The van der Waals surface area contributed by atoms with Crippen LogP contribution < -0.4 is 0 Å². The van der Waals surface area contributed by atoms with Crippen molar-refractivity contribution in [1.82, 2.24) is 14.7 Å². The zero-order valence-electron chi connectivity index (χ0n) is 14.5. The molecule has 0 saturated carbocycles. The third-order valence-corrected chi connectivity index (χ3v) is 4.47. The Kier molecular flexibility index (Phi) is 6.69. The van der Waals surface area contributed by atoms with E-state index in [1.54, 1.807) is 12.1 Å². The molecule has 132 valence electrons. The summed E-state index contributed by atoms with van der Waals surface area (Å²) in [6.45, 7) is 10.1. The standard InChI is InChI=1S/C17H26N4O3/c1-3-20(4-2)17(22)14-19-10-8-18(9-11-19)13-15-6-5-7-16(12-15)21(23)24/h5-7,12H,3-4,8-11,13-14H2,1-2H3. The van der Waals surface area contributed by atoms with Crippen molar-refractivity contribution >= 4 is 11.6 Å². The van der Waals surface area contributed by atoms with Crippen LogP contribution in [-0.4, -0.2) is 71.3 Å². The Morgan fingerprint density at radius 2 is 1.79 bits per heavy atom. The molecule has 1 amide bonds. The molecule has 7 heteroatoms. The number of piperazine rings is 1. The number of nitro groups is 1. The number of carbonyl (C=O) groups is 1. The van der Waals surface area contributed by atoms with E-state index in [4.69, 9.17) is 0 Å². The molecule has 7 nitrogen and oxygen atoms in total. The van der Waals surface area contributed by atoms with Crippen molar-refractivity contribution in [2.75, 3.05) is 45.8 Å². The molecule has 0 bridgehead atoms. The van der Waals surface area contributed by atoms with Crippen molar-refractivity contribution in [2.24, 2.45) is 0 Å². The molecule has 0 radical (unpaired) electrons. The molecule has 1 heterocycles. The van der Waals surface area contributed by atoms with Crippen LogP contribution in [0, 0.1) is 10.1 Å². The Hall–Kier alpha value is -1.99. The maximum atomic E-state index is 12.2. The first-order valence-corrected chi connectivity index (χ1v) is 8.49. The van der Waals surface area contributed by atoms with Gasteiger partial charge in [0, 0.05) is 57.9 Å². The highest BCUT2D eigenvalue weighted by atomic mass is 16.6. The van der Waals surface area contributed by atoms with Crippen LogP contribution in [0.5, 0.6) is 0 Å². The van der Waals surface area contributed by atoms with Gasteiger partial charge in [-0.15, -0.1) is 0 Å². The minimum Gasteiger partial charge on any atom is -0.342 e. The molecule has 1 aliphatic rings. The lowest BCUT2D eigenvalue weighted by Gasteiger charge is -2.35. The van der Waals surface area contributed by atoms with Gasteiger partial charge in [-0.2, -0.15) is 0 Å². The molecule has 1 saturated heterocycles. The Labute approximate surface area is 143 Å². The summed E-state index contributed by atoms with van der Waals surface area (Å²) < 4.78 is 0. The first kappa shape index (κ1) is 18.4. The summed E-state index contributed by atoms with van der Waals surface area (Å²) in [6.07, 6.45) is 0. The molecule has 24 heavy (non-hydrogen) atoms. The second-order valence-corrected chi connectivity index (χ2v) is 6.05. The van der Waals surface area contributed by atoms with Crippen molar-refractivity contribution in [1.29, 1.82) is 0 Å². The highest BCUT2D eigenvalue weighted by Gasteiger charge is 2.21. The van der Waals surface area contributed by atoms with Gasteiger partial charge in [0.2, 0.25) is 5.91 Å². The van der Waals surface area contributed by atoms with Crippen LogP contribution in [0.3, 0.4) is 0 Å². The summed E-state index contributed by atoms with van der Waals surface area (Å²) in [6, 6.07) is 6.80. The van der Waals surface area contributed by atoms with Gasteiger partial charge < -0.3 is 4.90 Å². The Morgan fingerprint density at radius 1 is 1.17 bits per heavy atom. The summed E-state index contributed by atoms with van der Waals surface area (Å²) in [5.41, 5.74) is 1.09.